The Hall–Kier alpha value is -3.17. The molecule has 1 aromatic carbocycles. The molecular formula is C11H12N4O6. The predicted octanol–water partition coefficient (Wildman–Crippen LogP) is -0.930. The number of carboxylic acids is 1. The van der Waals surface area contributed by atoms with Gasteiger partial charge in [-0.05, 0) is 12.1 Å². The zero-order valence-electron chi connectivity index (χ0n) is 10.7. The van der Waals surface area contributed by atoms with Crippen LogP contribution in [0.3, 0.4) is 0 Å². The largest absolute Gasteiger partial charge is 0.477 e. The number of carbonyl (C=O) groups is 3. The number of nitro benzene ring substituents is 1. The smallest absolute Gasteiger partial charge is 0.342 e. The first-order valence-corrected chi connectivity index (χ1v) is 5.55. The molecular weight excluding hydrogens is 284 g/mol. The number of carboxylic acid groups (broad SMARTS) is 1. The van der Waals surface area contributed by atoms with Gasteiger partial charge in [-0.2, -0.15) is 0 Å². The van der Waals surface area contributed by atoms with Gasteiger partial charge in [0, 0.05) is 11.8 Å². The van der Waals surface area contributed by atoms with Gasteiger partial charge in [0.05, 0.1) is 18.0 Å². The van der Waals surface area contributed by atoms with Gasteiger partial charge in [-0.15, -0.1) is 0 Å². The molecule has 0 heterocycles. The van der Waals surface area contributed by atoms with Crippen LogP contribution in [0.15, 0.2) is 18.2 Å². The molecule has 0 aliphatic heterocycles. The van der Waals surface area contributed by atoms with Crippen LogP contribution in [-0.2, 0) is 9.59 Å². The van der Waals surface area contributed by atoms with E-state index in [1.165, 1.54) is 6.07 Å². The van der Waals surface area contributed by atoms with Gasteiger partial charge in [-0.1, -0.05) is 0 Å². The number of anilines is 1. The Morgan fingerprint density at radius 3 is 2.10 bits per heavy atom. The van der Waals surface area contributed by atoms with Crippen molar-refractivity contribution in [2.45, 2.75) is 0 Å². The first kappa shape index (κ1) is 15.9. The SMILES string of the molecule is NC(=O)CN(CC(N)=O)c1ccc(C(=O)O)c([N+](=O)[O-])c1. The fourth-order valence-electron chi connectivity index (χ4n) is 1.66. The van der Waals surface area contributed by atoms with E-state index in [0.717, 1.165) is 17.0 Å². The summed E-state index contributed by atoms with van der Waals surface area (Å²) in [4.78, 5) is 43.9. The highest BCUT2D eigenvalue weighted by Crippen LogP contribution is 2.25. The lowest BCUT2D eigenvalue weighted by Gasteiger charge is -2.21. The number of primary amides is 2. The Balaban J connectivity index is 3.29. The maximum absolute atomic E-state index is 11.0. The molecule has 0 atom stereocenters. The number of nitro groups is 1. The molecule has 10 heteroatoms. The summed E-state index contributed by atoms with van der Waals surface area (Å²) in [7, 11) is 0. The van der Waals surface area contributed by atoms with Gasteiger partial charge in [-0.25, -0.2) is 4.79 Å². The highest BCUT2D eigenvalue weighted by molar-refractivity contribution is 5.93. The molecule has 21 heavy (non-hydrogen) atoms. The number of hydrogen-bond acceptors (Lipinski definition) is 6. The van der Waals surface area contributed by atoms with Crippen molar-refractivity contribution in [2.75, 3.05) is 18.0 Å². The maximum atomic E-state index is 11.0. The van der Waals surface area contributed by atoms with Crippen LogP contribution >= 0.6 is 0 Å². The summed E-state index contributed by atoms with van der Waals surface area (Å²) in [6.07, 6.45) is 0. The predicted molar refractivity (Wildman–Crippen MR) is 70.7 cm³/mol. The molecule has 0 saturated carbocycles. The van der Waals surface area contributed by atoms with Crippen LogP contribution in [0.2, 0.25) is 0 Å². The maximum Gasteiger partial charge on any atom is 0.342 e. The van der Waals surface area contributed by atoms with Crippen LogP contribution in [0.4, 0.5) is 11.4 Å². The van der Waals surface area contributed by atoms with Gasteiger partial charge in [0.15, 0.2) is 0 Å². The lowest BCUT2D eigenvalue weighted by atomic mass is 10.1. The first-order valence-electron chi connectivity index (χ1n) is 5.55. The molecule has 5 N–H and O–H groups in total. The highest BCUT2D eigenvalue weighted by atomic mass is 16.6. The lowest BCUT2D eigenvalue weighted by Crippen LogP contribution is -2.39. The summed E-state index contributed by atoms with van der Waals surface area (Å²) in [5.74, 6) is -3.02. The molecule has 0 radical (unpaired) electrons. The highest BCUT2D eigenvalue weighted by Gasteiger charge is 2.22. The second-order valence-corrected chi connectivity index (χ2v) is 4.05. The molecule has 2 amide bonds. The van der Waals surface area contributed by atoms with Crippen molar-refractivity contribution in [2.24, 2.45) is 11.5 Å². The topological polar surface area (TPSA) is 170 Å². The average molecular weight is 296 g/mol. The minimum absolute atomic E-state index is 0.0873. The summed E-state index contributed by atoms with van der Waals surface area (Å²) < 4.78 is 0. The zero-order chi connectivity index (χ0) is 16.2. The summed E-state index contributed by atoms with van der Waals surface area (Å²) in [5.41, 5.74) is 8.95. The molecule has 0 aromatic heterocycles. The standard InChI is InChI=1S/C11H12N4O6/c12-9(16)4-14(5-10(13)17)6-1-2-7(11(18)19)8(3-6)15(20)21/h1-3H,4-5H2,(H2,12,16)(H2,13,17)(H,18,19). The molecule has 1 aromatic rings. The van der Waals surface area contributed by atoms with E-state index >= 15 is 0 Å². The second kappa shape index (κ2) is 6.32. The molecule has 0 unspecified atom stereocenters. The second-order valence-electron chi connectivity index (χ2n) is 4.05. The average Bonchev–Trinajstić information content (AvgIpc) is 2.35. The number of hydrogen-bond donors (Lipinski definition) is 3. The fourth-order valence-corrected chi connectivity index (χ4v) is 1.66. The third kappa shape index (κ3) is 4.16. The number of benzene rings is 1. The van der Waals surface area contributed by atoms with E-state index in [0.29, 0.717) is 0 Å². The van der Waals surface area contributed by atoms with E-state index < -0.39 is 47.0 Å². The van der Waals surface area contributed by atoms with E-state index in [4.69, 9.17) is 16.6 Å². The van der Waals surface area contributed by atoms with Gasteiger partial charge < -0.3 is 21.5 Å². The van der Waals surface area contributed by atoms with Crippen LogP contribution < -0.4 is 16.4 Å². The number of rotatable bonds is 7. The Kier molecular flexibility index (Phi) is 4.78. The normalized spacial score (nSPS) is 9.90. The minimum atomic E-state index is -1.47. The van der Waals surface area contributed by atoms with Crippen molar-refractivity contribution in [3.05, 3.63) is 33.9 Å². The molecule has 0 aliphatic carbocycles. The minimum Gasteiger partial charge on any atom is -0.477 e. The quantitative estimate of drug-likeness (QED) is 0.431. The van der Waals surface area contributed by atoms with Crippen LogP contribution in [0.1, 0.15) is 10.4 Å². The van der Waals surface area contributed by atoms with Gasteiger partial charge in [0.1, 0.15) is 5.56 Å². The summed E-state index contributed by atoms with van der Waals surface area (Å²) in [6, 6.07) is 3.17. The van der Waals surface area contributed by atoms with E-state index in [1.54, 1.807) is 0 Å². The van der Waals surface area contributed by atoms with Gasteiger partial charge in [-0.3, -0.25) is 19.7 Å². The molecule has 10 nitrogen and oxygen atoms in total. The van der Waals surface area contributed by atoms with E-state index in [9.17, 15) is 24.5 Å². The van der Waals surface area contributed by atoms with Crippen molar-refractivity contribution in [3.8, 4) is 0 Å². The van der Waals surface area contributed by atoms with Gasteiger partial charge in [0.2, 0.25) is 11.8 Å². The number of nitrogens with zero attached hydrogens (tertiary/aromatic N) is 2. The molecule has 112 valence electrons. The molecule has 0 aliphatic rings. The van der Waals surface area contributed by atoms with E-state index in [-0.39, 0.29) is 5.69 Å². The summed E-state index contributed by atoms with van der Waals surface area (Å²) >= 11 is 0. The van der Waals surface area contributed by atoms with E-state index in [1.807, 2.05) is 0 Å². The van der Waals surface area contributed by atoms with Gasteiger partial charge >= 0.3 is 5.97 Å². The van der Waals surface area contributed by atoms with Crippen molar-refractivity contribution in [3.63, 3.8) is 0 Å². The van der Waals surface area contributed by atoms with E-state index in [2.05, 4.69) is 0 Å². The fraction of sp³-hybridized carbons (Fsp3) is 0.182. The Morgan fingerprint density at radius 2 is 1.71 bits per heavy atom. The monoisotopic (exact) mass is 296 g/mol. The number of carbonyl (C=O) groups excluding carboxylic acids is 2. The van der Waals surface area contributed by atoms with Crippen molar-refractivity contribution < 1.29 is 24.4 Å². The van der Waals surface area contributed by atoms with Crippen molar-refractivity contribution >= 4 is 29.2 Å². The van der Waals surface area contributed by atoms with Crippen LogP contribution in [0.5, 0.6) is 0 Å². The third-order valence-electron chi connectivity index (χ3n) is 2.47. The van der Waals surface area contributed by atoms with Crippen LogP contribution in [-0.4, -0.2) is 40.9 Å². The van der Waals surface area contributed by atoms with Gasteiger partial charge in [0.25, 0.3) is 5.69 Å². The Morgan fingerprint density at radius 1 is 1.19 bits per heavy atom. The Labute approximate surface area is 118 Å². The molecule has 0 saturated heterocycles. The molecule has 0 bridgehead atoms. The van der Waals surface area contributed by atoms with Crippen molar-refractivity contribution in [1.29, 1.82) is 0 Å². The molecule has 0 fully saturated rings. The number of amides is 2. The summed E-state index contributed by atoms with van der Waals surface area (Å²) in [6.45, 7) is -0.793. The van der Waals surface area contributed by atoms with Crippen LogP contribution in [0.25, 0.3) is 0 Å². The summed E-state index contributed by atoms with van der Waals surface area (Å²) in [5, 5.41) is 19.8. The number of nitrogens with two attached hydrogens (primary N) is 2. The number of aromatic carboxylic acids is 1. The lowest BCUT2D eigenvalue weighted by molar-refractivity contribution is -0.385. The van der Waals surface area contributed by atoms with Crippen LogP contribution in [0, 0.1) is 10.1 Å². The third-order valence-corrected chi connectivity index (χ3v) is 2.47. The Bertz CT molecular complexity index is 599. The zero-order valence-corrected chi connectivity index (χ0v) is 10.7. The molecule has 1 rings (SSSR count). The first-order chi connectivity index (χ1) is 9.72. The molecule has 0 spiro atoms. The van der Waals surface area contributed by atoms with Crippen molar-refractivity contribution in [1.82, 2.24) is 0 Å².